The Balaban J connectivity index is 1.63. The van der Waals surface area contributed by atoms with Crippen LogP contribution in [0.15, 0.2) is 32.3 Å². The molecule has 1 aliphatic heterocycles. The summed E-state index contributed by atoms with van der Waals surface area (Å²) in [6.07, 6.45) is 5.00. The van der Waals surface area contributed by atoms with Gasteiger partial charge in [-0.1, -0.05) is 0 Å². The minimum atomic E-state index is -4.63. The number of rotatable bonds is 7. The molecule has 3 aromatic heterocycles. The van der Waals surface area contributed by atoms with E-state index in [1.165, 1.54) is 16.3 Å². The molecule has 234 valence electrons. The molecule has 1 saturated carbocycles. The Morgan fingerprint density at radius 3 is 2.37 bits per heavy atom. The molecule has 14 nitrogen and oxygen atoms in total. The zero-order chi connectivity index (χ0) is 31.3. The molecule has 2 amide bonds. The van der Waals surface area contributed by atoms with Gasteiger partial charge in [-0.05, 0) is 59.8 Å². The van der Waals surface area contributed by atoms with Crippen molar-refractivity contribution in [2.75, 3.05) is 13.1 Å². The van der Waals surface area contributed by atoms with Gasteiger partial charge >= 0.3 is 17.9 Å². The summed E-state index contributed by atoms with van der Waals surface area (Å²) in [5.41, 5.74) is -3.10. The number of carbonyl (C=O) groups excluding carboxylic acids is 2. The van der Waals surface area contributed by atoms with Crippen LogP contribution in [0.4, 0.5) is 9.59 Å². The second-order valence-corrected chi connectivity index (χ2v) is 14.9. The normalized spacial score (nSPS) is 16.7. The molecular formula is C27H36N6O8S2. The largest absolute Gasteiger partial charge is 0.443 e. The lowest BCUT2D eigenvalue weighted by Crippen LogP contribution is -2.47. The Bertz CT molecular complexity index is 1790. The van der Waals surface area contributed by atoms with E-state index in [1.807, 2.05) is 0 Å². The Labute approximate surface area is 252 Å². The van der Waals surface area contributed by atoms with Gasteiger partial charge in [0, 0.05) is 37.3 Å². The van der Waals surface area contributed by atoms with Crippen molar-refractivity contribution in [1.29, 1.82) is 0 Å². The molecule has 0 unspecified atom stereocenters. The number of likely N-dealkylation sites (tertiary alicyclic amines) is 1. The van der Waals surface area contributed by atoms with E-state index in [-0.39, 0.29) is 16.8 Å². The summed E-state index contributed by atoms with van der Waals surface area (Å²) in [6, 6.07) is 0. The highest BCUT2D eigenvalue weighted by Crippen LogP contribution is 2.46. The van der Waals surface area contributed by atoms with Crippen LogP contribution in [-0.4, -0.2) is 73.0 Å². The monoisotopic (exact) mass is 636 g/mol. The van der Waals surface area contributed by atoms with Crippen LogP contribution in [0.3, 0.4) is 0 Å². The van der Waals surface area contributed by atoms with Gasteiger partial charge in [0.05, 0.1) is 23.7 Å². The van der Waals surface area contributed by atoms with Gasteiger partial charge in [0.1, 0.15) is 15.3 Å². The van der Waals surface area contributed by atoms with E-state index < -0.39 is 56.2 Å². The number of thiophene rings is 1. The summed E-state index contributed by atoms with van der Waals surface area (Å²) in [5.74, 6) is 0. The molecule has 43 heavy (non-hydrogen) atoms. The topological polar surface area (TPSA) is 155 Å². The summed E-state index contributed by atoms with van der Waals surface area (Å²) in [7, 11) is -2.95. The highest BCUT2D eigenvalue weighted by molar-refractivity contribution is 7.90. The lowest BCUT2D eigenvalue weighted by molar-refractivity contribution is 0.0331. The average Bonchev–Trinajstić information content (AvgIpc) is 3.29. The molecule has 1 saturated heterocycles. The minimum Gasteiger partial charge on any atom is -0.443 e. The second kappa shape index (κ2) is 11.1. The van der Waals surface area contributed by atoms with E-state index in [9.17, 15) is 27.6 Å². The number of ether oxygens (including phenoxy) is 2. The molecule has 5 rings (SSSR count). The summed E-state index contributed by atoms with van der Waals surface area (Å²) >= 11 is 0.846. The van der Waals surface area contributed by atoms with Crippen molar-refractivity contribution in [3.05, 3.63) is 44.2 Å². The fraction of sp³-hybridized carbons (Fsp3) is 0.593. The summed E-state index contributed by atoms with van der Waals surface area (Å²) < 4.78 is 43.6. The van der Waals surface area contributed by atoms with E-state index in [1.54, 1.807) is 45.8 Å². The molecule has 0 bridgehead atoms. The van der Waals surface area contributed by atoms with Crippen molar-refractivity contribution in [2.24, 2.45) is 7.05 Å². The van der Waals surface area contributed by atoms with Gasteiger partial charge in [-0.3, -0.25) is 14.0 Å². The summed E-state index contributed by atoms with van der Waals surface area (Å²) in [4.78, 5) is 54.8. The van der Waals surface area contributed by atoms with Crippen LogP contribution in [0.2, 0.25) is 0 Å². The Morgan fingerprint density at radius 1 is 1.12 bits per heavy atom. The van der Waals surface area contributed by atoms with E-state index >= 15 is 0 Å². The van der Waals surface area contributed by atoms with Crippen LogP contribution in [0.1, 0.15) is 65.4 Å². The van der Waals surface area contributed by atoms with Crippen molar-refractivity contribution in [2.45, 2.75) is 89.1 Å². The Kier molecular flexibility index (Phi) is 7.96. The van der Waals surface area contributed by atoms with Gasteiger partial charge in [0.25, 0.3) is 15.6 Å². The van der Waals surface area contributed by atoms with Crippen LogP contribution in [-0.2, 0) is 39.8 Å². The number of carbonyl (C=O) groups is 2. The maximum absolute atomic E-state index is 14.2. The summed E-state index contributed by atoms with van der Waals surface area (Å²) in [6.45, 7) is 6.86. The molecule has 4 heterocycles. The number of fused-ring (bicyclic) bond motifs is 1. The molecule has 0 atom stereocenters. The first-order valence-electron chi connectivity index (χ1n) is 14.0. The predicted octanol–water partition coefficient (Wildman–Crippen LogP) is 3.06. The zero-order valence-electron chi connectivity index (χ0n) is 24.9. The molecule has 1 aliphatic carbocycles. The fourth-order valence-electron chi connectivity index (χ4n) is 5.04. The molecule has 0 spiro atoms. The molecule has 0 radical (unpaired) electrons. The first-order valence-corrected chi connectivity index (χ1v) is 16.4. The molecule has 0 aromatic carbocycles. The van der Waals surface area contributed by atoms with Crippen molar-refractivity contribution in [3.8, 4) is 0 Å². The SMILES string of the molecule is Cn1cc(Cn2c(=O)c3c(S(=O)(=O)N(C(=O)OC(C)(C)C)C4(C)CC4)csc3n(COC(=O)N3CCCCC3)c2=O)cn1. The number of hydrogen-bond acceptors (Lipinski definition) is 10. The lowest BCUT2D eigenvalue weighted by atomic mass is 10.1. The van der Waals surface area contributed by atoms with Crippen molar-refractivity contribution >= 4 is 43.8 Å². The van der Waals surface area contributed by atoms with Crippen molar-refractivity contribution < 1.29 is 27.5 Å². The number of aryl methyl sites for hydroxylation is 1. The zero-order valence-corrected chi connectivity index (χ0v) is 26.5. The van der Waals surface area contributed by atoms with E-state index in [4.69, 9.17) is 9.47 Å². The molecule has 0 N–H and O–H groups in total. The number of piperidine rings is 1. The van der Waals surface area contributed by atoms with E-state index in [0.717, 1.165) is 39.7 Å². The smallest absolute Gasteiger partial charge is 0.424 e. The van der Waals surface area contributed by atoms with Gasteiger partial charge in [-0.25, -0.2) is 27.4 Å². The second-order valence-electron chi connectivity index (χ2n) is 12.2. The Morgan fingerprint density at radius 2 is 1.79 bits per heavy atom. The maximum Gasteiger partial charge on any atom is 0.424 e. The first kappa shape index (κ1) is 30.8. The third-order valence-electron chi connectivity index (χ3n) is 7.48. The number of hydrogen-bond donors (Lipinski definition) is 0. The molecule has 3 aromatic rings. The van der Waals surface area contributed by atoms with Crippen LogP contribution in [0, 0.1) is 0 Å². The average molecular weight is 637 g/mol. The minimum absolute atomic E-state index is 0.00699. The van der Waals surface area contributed by atoms with Gasteiger partial charge in [0.2, 0.25) is 0 Å². The molecule has 2 fully saturated rings. The lowest BCUT2D eigenvalue weighted by Gasteiger charge is -2.31. The van der Waals surface area contributed by atoms with Crippen LogP contribution in [0.5, 0.6) is 0 Å². The molecular weight excluding hydrogens is 600 g/mol. The molecule has 2 aliphatic rings. The summed E-state index contributed by atoms with van der Waals surface area (Å²) in [5, 5.41) is 5.05. The standard InChI is InChI=1S/C27H36N6O8S2/c1-26(2,3)41-25(37)33(27(4)9-10-27)43(38,39)19-16-42-22-20(19)21(34)31(15-18-13-28-29(5)14-18)23(35)32(22)17-40-24(36)30-11-7-6-8-12-30/h13-14,16H,6-12,15,17H2,1-5H3. The fourth-order valence-corrected chi connectivity index (χ4v) is 8.28. The highest BCUT2D eigenvalue weighted by atomic mass is 32.2. The number of amides is 2. The van der Waals surface area contributed by atoms with Gasteiger partial charge in [-0.2, -0.15) is 9.40 Å². The Hall–Kier alpha value is -3.66. The maximum atomic E-state index is 14.2. The van der Waals surface area contributed by atoms with Crippen LogP contribution in [0.25, 0.3) is 10.2 Å². The predicted molar refractivity (Wildman–Crippen MR) is 157 cm³/mol. The quantitative estimate of drug-likeness (QED) is 0.380. The number of aromatic nitrogens is 4. The van der Waals surface area contributed by atoms with Gasteiger partial charge < -0.3 is 14.4 Å². The third-order valence-corrected chi connectivity index (χ3v) is 10.6. The number of nitrogens with zero attached hydrogens (tertiary/aromatic N) is 6. The van der Waals surface area contributed by atoms with Crippen LogP contribution < -0.4 is 11.2 Å². The van der Waals surface area contributed by atoms with E-state index in [0.29, 0.717) is 35.8 Å². The van der Waals surface area contributed by atoms with Crippen molar-refractivity contribution in [3.63, 3.8) is 0 Å². The first-order chi connectivity index (χ1) is 20.1. The van der Waals surface area contributed by atoms with Crippen LogP contribution >= 0.6 is 11.3 Å². The van der Waals surface area contributed by atoms with Gasteiger partial charge in [-0.15, -0.1) is 11.3 Å². The molecule has 16 heteroatoms. The highest BCUT2D eigenvalue weighted by Gasteiger charge is 2.54. The van der Waals surface area contributed by atoms with Gasteiger partial charge in [0.15, 0.2) is 6.73 Å². The third kappa shape index (κ3) is 6.07. The van der Waals surface area contributed by atoms with Crippen molar-refractivity contribution in [1.82, 2.24) is 28.1 Å². The van der Waals surface area contributed by atoms with E-state index in [2.05, 4.69) is 5.10 Å². The number of sulfonamides is 1.